The lowest BCUT2D eigenvalue weighted by atomic mass is 10.1. The molecule has 2 aromatic rings. The van der Waals surface area contributed by atoms with Gasteiger partial charge >= 0.3 is 0 Å². The average Bonchev–Trinajstić information content (AvgIpc) is 2.86. The number of hydrogen-bond donors (Lipinski definition) is 2. The van der Waals surface area contributed by atoms with Crippen molar-refractivity contribution in [3.63, 3.8) is 0 Å². The third kappa shape index (κ3) is 3.16. The second-order valence-electron chi connectivity index (χ2n) is 4.40. The largest absolute Gasteiger partial charge is 0.497 e. The summed E-state index contributed by atoms with van der Waals surface area (Å²) in [5, 5.41) is 2.46. The van der Waals surface area contributed by atoms with Crippen LogP contribution in [0.2, 0.25) is 0 Å². The number of aromatic nitrogens is 2. The van der Waals surface area contributed by atoms with Crippen LogP contribution in [-0.2, 0) is 13.0 Å². The fourth-order valence-corrected chi connectivity index (χ4v) is 1.99. The Kier molecular flexibility index (Phi) is 4.37. The standard InChI is InChI=1S/C14H17N3O3/c1-20-12-4-2-3-10(7-12)5-6-14(19)17-11(9-15)8-13(18)16-17/h2-4,7-8H,5-6,9,15H2,1H3,(H,16,18). The average molecular weight is 275 g/mol. The zero-order valence-electron chi connectivity index (χ0n) is 11.3. The minimum absolute atomic E-state index is 0.142. The Bertz CT molecular complexity index is 658. The number of ether oxygens (including phenoxy) is 1. The normalized spacial score (nSPS) is 10.5. The highest BCUT2D eigenvalue weighted by Gasteiger charge is 2.11. The van der Waals surface area contributed by atoms with Crippen molar-refractivity contribution in [1.29, 1.82) is 0 Å². The molecule has 0 saturated heterocycles. The maximum absolute atomic E-state index is 12.1. The number of hydrogen-bond acceptors (Lipinski definition) is 4. The maximum Gasteiger partial charge on any atom is 0.264 e. The highest BCUT2D eigenvalue weighted by Crippen LogP contribution is 2.14. The maximum atomic E-state index is 12.1. The molecule has 0 fully saturated rings. The van der Waals surface area contributed by atoms with E-state index in [-0.39, 0.29) is 24.4 Å². The summed E-state index contributed by atoms with van der Waals surface area (Å²) in [6, 6.07) is 8.87. The van der Waals surface area contributed by atoms with E-state index in [9.17, 15) is 9.59 Å². The minimum Gasteiger partial charge on any atom is -0.497 e. The zero-order chi connectivity index (χ0) is 14.5. The molecule has 0 aliphatic carbocycles. The lowest BCUT2D eigenvalue weighted by molar-refractivity contribution is 0.0883. The number of aryl methyl sites for hydroxylation is 1. The Balaban J connectivity index is 2.06. The van der Waals surface area contributed by atoms with Crippen LogP contribution in [0.5, 0.6) is 5.75 Å². The van der Waals surface area contributed by atoms with Gasteiger partial charge in [0, 0.05) is 19.0 Å². The summed E-state index contributed by atoms with van der Waals surface area (Å²) in [6.07, 6.45) is 0.852. The molecule has 20 heavy (non-hydrogen) atoms. The van der Waals surface area contributed by atoms with Crippen LogP contribution < -0.4 is 16.0 Å². The number of methoxy groups -OCH3 is 1. The van der Waals surface area contributed by atoms with Crippen molar-refractivity contribution in [3.05, 3.63) is 51.9 Å². The number of nitrogens with two attached hydrogens (primary N) is 1. The van der Waals surface area contributed by atoms with E-state index in [2.05, 4.69) is 5.10 Å². The van der Waals surface area contributed by atoms with E-state index in [1.807, 2.05) is 24.3 Å². The van der Waals surface area contributed by atoms with Crippen molar-refractivity contribution in [2.24, 2.45) is 5.73 Å². The molecule has 0 radical (unpaired) electrons. The van der Waals surface area contributed by atoms with Crippen molar-refractivity contribution >= 4 is 5.91 Å². The van der Waals surface area contributed by atoms with Gasteiger partial charge in [0.1, 0.15) is 5.75 Å². The summed E-state index contributed by atoms with van der Waals surface area (Å²) >= 11 is 0. The Labute approximate surface area is 116 Å². The molecule has 0 atom stereocenters. The fourth-order valence-electron chi connectivity index (χ4n) is 1.99. The van der Waals surface area contributed by atoms with Gasteiger partial charge in [0.25, 0.3) is 5.56 Å². The third-order valence-corrected chi connectivity index (χ3v) is 3.03. The van der Waals surface area contributed by atoms with E-state index in [0.717, 1.165) is 11.3 Å². The Morgan fingerprint density at radius 3 is 2.90 bits per heavy atom. The summed E-state index contributed by atoms with van der Waals surface area (Å²) in [7, 11) is 1.60. The quantitative estimate of drug-likeness (QED) is 0.849. The SMILES string of the molecule is COc1cccc(CCC(=O)n2[nH]c(=O)cc2CN)c1. The third-order valence-electron chi connectivity index (χ3n) is 3.03. The molecule has 0 aliphatic heterocycles. The van der Waals surface area contributed by atoms with Gasteiger partial charge in [-0.05, 0) is 24.1 Å². The summed E-state index contributed by atoms with van der Waals surface area (Å²) in [4.78, 5) is 23.3. The molecule has 1 heterocycles. The highest BCUT2D eigenvalue weighted by molar-refractivity contribution is 5.78. The van der Waals surface area contributed by atoms with Crippen LogP contribution in [0.25, 0.3) is 0 Å². The lowest BCUT2D eigenvalue weighted by Crippen LogP contribution is -2.19. The predicted molar refractivity (Wildman–Crippen MR) is 74.9 cm³/mol. The molecular formula is C14H17N3O3. The van der Waals surface area contributed by atoms with Crippen molar-refractivity contribution in [3.8, 4) is 5.75 Å². The molecule has 3 N–H and O–H groups in total. The molecule has 0 bridgehead atoms. The molecule has 1 aromatic carbocycles. The van der Waals surface area contributed by atoms with E-state index in [0.29, 0.717) is 12.1 Å². The molecule has 2 rings (SSSR count). The summed E-state index contributed by atoms with van der Waals surface area (Å²) in [5.41, 5.74) is 6.67. The number of nitrogens with zero attached hydrogens (tertiary/aromatic N) is 1. The van der Waals surface area contributed by atoms with Crippen molar-refractivity contribution in [2.75, 3.05) is 7.11 Å². The Morgan fingerprint density at radius 2 is 2.20 bits per heavy atom. The monoisotopic (exact) mass is 275 g/mol. The summed E-state index contributed by atoms with van der Waals surface area (Å²) in [6.45, 7) is 0.142. The van der Waals surface area contributed by atoms with Gasteiger partial charge in [-0.15, -0.1) is 0 Å². The molecule has 6 nitrogen and oxygen atoms in total. The molecular weight excluding hydrogens is 258 g/mol. The van der Waals surface area contributed by atoms with Gasteiger partial charge in [-0.1, -0.05) is 12.1 Å². The first-order valence-corrected chi connectivity index (χ1v) is 6.31. The van der Waals surface area contributed by atoms with Crippen LogP contribution in [0.3, 0.4) is 0 Å². The fraction of sp³-hybridized carbons (Fsp3) is 0.286. The number of nitrogens with one attached hydrogen (secondary N) is 1. The Hall–Kier alpha value is -2.34. The van der Waals surface area contributed by atoms with Crippen LogP contribution in [0.4, 0.5) is 0 Å². The molecule has 0 spiro atoms. The number of aromatic amines is 1. The molecule has 1 aromatic heterocycles. The minimum atomic E-state index is -0.319. The first kappa shape index (κ1) is 14.1. The first-order valence-electron chi connectivity index (χ1n) is 6.31. The summed E-state index contributed by atoms with van der Waals surface area (Å²) < 4.78 is 6.36. The van der Waals surface area contributed by atoms with E-state index in [4.69, 9.17) is 10.5 Å². The van der Waals surface area contributed by atoms with E-state index in [1.165, 1.54) is 10.7 Å². The first-order chi connectivity index (χ1) is 9.63. The van der Waals surface area contributed by atoms with Gasteiger partial charge < -0.3 is 10.5 Å². The second kappa shape index (κ2) is 6.21. The van der Waals surface area contributed by atoms with Crippen LogP contribution in [-0.4, -0.2) is 22.8 Å². The molecule has 6 heteroatoms. The van der Waals surface area contributed by atoms with Gasteiger partial charge in [-0.3, -0.25) is 14.7 Å². The molecule has 0 aliphatic rings. The highest BCUT2D eigenvalue weighted by atomic mass is 16.5. The van der Waals surface area contributed by atoms with Crippen LogP contribution in [0, 0.1) is 0 Å². The van der Waals surface area contributed by atoms with Gasteiger partial charge in [0.05, 0.1) is 12.8 Å². The topological polar surface area (TPSA) is 90.1 Å². The van der Waals surface area contributed by atoms with Gasteiger partial charge in [-0.2, -0.15) is 0 Å². The summed E-state index contributed by atoms with van der Waals surface area (Å²) in [5.74, 6) is 0.572. The van der Waals surface area contributed by atoms with E-state index in [1.54, 1.807) is 7.11 Å². The number of carbonyl (C=O) groups is 1. The van der Waals surface area contributed by atoms with Gasteiger partial charge in [0.2, 0.25) is 5.91 Å². The van der Waals surface area contributed by atoms with Gasteiger partial charge in [-0.25, -0.2) is 4.68 Å². The smallest absolute Gasteiger partial charge is 0.264 e. The Morgan fingerprint density at radius 1 is 1.40 bits per heavy atom. The van der Waals surface area contributed by atoms with E-state index >= 15 is 0 Å². The number of carbonyl (C=O) groups excluding carboxylic acids is 1. The molecule has 0 saturated carbocycles. The number of H-pyrrole nitrogens is 1. The van der Waals surface area contributed by atoms with Crippen molar-refractivity contribution in [1.82, 2.24) is 9.78 Å². The molecule has 0 unspecified atom stereocenters. The molecule has 0 amide bonds. The number of benzene rings is 1. The second-order valence-corrected chi connectivity index (χ2v) is 4.40. The van der Waals surface area contributed by atoms with Crippen LogP contribution in [0.1, 0.15) is 22.5 Å². The predicted octanol–water partition coefficient (Wildman–Crippen LogP) is 0.917. The lowest BCUT2D eigenvalue weighted by Gasteiger charge is -2.06. The van der Waals surface area contributed by atoms with Crippen molar-refractivity contribution < 1.29 is 9.53 Å². The van der Waals surface area contributed by atoms with Gasteiger partial charge in [0.15, 0.2) is 0 Å². The van der Waals surface area contributed by atoms with Crippen LogP contribution >= 0.6 is 0 Å². The molecule has 106 valence electrons. The van der Waals surface area contributed by atoms with Crippen molar-refractivity contribution in [2.45, 2.75) is 19.4 Å². The van der Waals surface area contributed by atoms with E-state index < -0.39 is 0 Å². The zero-order valence-corrected chi connectivity index (χ0v) is 11.3. The van der Waals surface area contributed by atoms with Crippen LogP contribution in [0.15, 0.2) is 35.1 Å². The number of rotatable bonds is 5.